The molecule has 0 fully saturated rings. The molecule has 3 rings (SSSR count). The highest BCUT2D eigenvalue weighted by atomic mass is 14.9. The van der Waals surface area contributed by atoms with Crippen LogP contribution in [0.5, 0.6) is 0 Å². The fraction of sp³-hybridized carbons (Fsp3) is 0.222. The third-order valence-electron chi connectivity index (χ3n) is 3.89. The van der Waals surface area contributed by atoms with Crippen LogP contribution in [-0.2, 0) is 6.54 Å². The minimum Gasteiger partial charge on any atom is -0.361 e. The lowest BCUT2D eigenvalue weighted by molar-refractivity contribution is 0.572. The average molecular weight is 264 g/mol. The molecule has 20 heavy (non-hydrogen) atoms. The number of aryl methyl sites for hydroxylation is 1. The summed E-state index contributed by atoms with van der Waals surface area (Å²) in [5.74, 6) is 0. The lowest BCUT2D eigenvalue weighted by Crippen LogP contribution is -2.18. The Kier molecular flexibility index (Phi) is 3.57. The van der Waals surface area contributed by atoms with Gasteiger partial charge in [0.15, 0.2) is 0 Å². The Morgan fingerprint density at radius 2 is 1.95 bits per heavy atom. The van der Waals surface area contributed by atoms with Crippen molar-refractivity contribution in [3.05, 3.63) is 71.4 Å². The van der Waals surface area contributed by atoms with Crippen LogP contribution in [0.25, 0.3) is 10.9 Å². The Hall–Kier alpha value is -2.06. The summed E-state index contributed by atoms with van der Waals surface area (Å²) in [6, 6.07) is 17.6. The molecule has 2 aromatic carbocycles. The van der Waals surface area contributed by atoms with Gasteiger partial charge < -0.3 is 10.3 Å². The number of rotatable bonds is 4. The van der Waals surface area contributed by atoms with Gasteiger partial charge >= 0.3 is 0 Å². The maximum Gasteiger partial charge on any atom is 0.0454 e. The SMILES string of the molecule is Cc1ccccc1[C@@H](C)NCc1ccc2[nH]ccc2c1. The fourth-order valence-corrected chi connectivity index (χ4v) is 2.67. The van der Waals surface area contributed by atoms with Crippen molar-refractivity contribution in [1.29, 1.82) is 0 Å². The molecule has 1 aromatic heterocycles. The third-order valence-corrected chi connectivity index (χ3v) is 3.89. The lowest BCUT2D eigenvalue weighted by atomic mass is 10.0. The van der Waals surface area contributed by atoms with Crippen LogP contribution >= 0.6 is 0 Å². The first-order valence-electron chi connectivity index (χ1n) is 7.09. The van der Waals surface area contributed by atoms with E-state index in [0.717, 1.165) is 6.54 Å². The van der Waals surface area contributed by atoms with Gasteiger partial charge in [-0.05, 0) is 54.1 Å². The molecule has 2 N–H and O–H groups in total. The zero-order valence-electron chi connectivity index (χ0n) is 12.0. The normalized spacial score (nSPS) is 12.7. The molecule has 102 valence electrons. The van der Waals surface area contributed by atoms with Crippen molar-refractivity contribution in [1.82, 2.24) is 10.3 Å². The summed E-state index contributed by atoms with van der Waals surface area (Å²) in [4.78, 5) is 3.22. The van der Waals surface area contributed by atoms with Crippen molar-refractivity contribution in [2.75, 3.05) is 0 Å². The van der Waals surface area contributed by atoms with Gasteiger partial charge in [-0.3, -0.25) is 0 Å². The number of aromatic amines is 1. The number of benzene rings is 2. The van der Waals surface area contributed by atoms with Crippen LogP contribution < -0.4 is 5.32 Å². The van der Waals surface area contributed by atoms with Gasteiger partial charge in [0.1, 0.15) is 0 Å². The summed E-state index contributed by atoms with van der Waals surface area (Å²) in [6.07, 6.45) is 1.98. The number of hydrogen-bond acceptors (Lipinski definition) is 1. The average Bonchev–Trinajstić information content (AvgIpc) is 2.92. The molecule has 0 aliphatic carbocycles. The van der Waals surface area contributed by atoms with E-state index < -0.39 is 0 Å². The van der Waals surface area contributed by atoms with Crippen molar-refractivity contribution in [3.8, 4) is 0 Å². The molecule has 1 atom stereocenters. The van der Waals surface area contributed by atoms with Crippen LogP contribution in [-0.4, -0.2) is 4.98 Å². The molecule has 1 heterocycles. The molecule has 0 unspecified atom stereocenters. The van der Waals surface area contributed by atoms with Gasteiger partial charge in [-0.15, -0.1) is 0 Å². The number of nitrogens with one attached hydrogen (secondary N) is 2. The Labute approximate surface area is 119 Å². The maximum absolute atomic E-state index is 3.60. The highest BCUT2D eigenvalue weighted by Gasteiger charge is 2.07. The molecular weight excluding hydrogens is 244 g/mol. The minimum atomic E-state index is 0.359. The monoisotopic (exact) mass is 264 g/mol. The van der Waals surface area contributed by atoms with Crippen molar-refractivity contribution in [2.45, 2.75) is 26.4 Å². The molecule has 2 nitrogen and oxygen atoms in total. The summed E-state index contributed by atoms with van der Waals surface area (Å²) in [6.45, 7) is 5.27. The first-order chi connectivity index (χ1) is 9.74. The molecule has 3 aromatic rings. The standard InChI is InChI=1S/C18H20N2/c1-13-5-3-4-6-17(13)14(2)20-12-15-7-8-18-16(11-15)9-10-19-18/h3-11,14,19-20H,12H2,1-2H3/t14-/m1/s1. The van der Waals surface area contributed by atoms with Crippen LogP contribution in [0.3, 0.4) is 0 Å². The Morgan fingerprint density at radius 3 is 2.80 bits per heavy atom. The second kappa shape index (κ2) is 5.51. The third kappa shape index (κ3) is 2.61. The van der Waals surface area contributed by atoms with E-state index in [-0.39, 0.29) is 0 Å². The van der Waals surface area contributed by atoms with E-state index in [1.165, 1.54) is 27.6 Å². The van der Waals surface area contributed by atoms with E-state index in [1.54, 1.807) is 0 Å². The van der Waals surface area contributed by atoms with Gasteiger partial charge in [0.2, 0.25) is 0 Å². The van der Waals surface area contributed by atoms with E-state index in [0.29, 0.717) is 6.04 Å². The molecule has 0 spiro atoms. The minimum absolute atomic E-state index is 0.359. The highest BCUT2D eigenvalue weighted by Crippen LogP contribution is 2.18. The Morgan fingerprint density at radius 1 is 1.10 bits per heavy atom. The van der Waals surface area contributed by atoms with Gasteiger partial charge in [-0.1, -0.05) is 30.3 Å². The molecule has 0 amide bonds. The topological polar surface area (TPSA) is 27.8 Å². The Balaban J connectivity index is 1.71. The van der Waals surface area contributed by atoms with Crippen LogP contribution in [0.4, 0.5) is 0 Å². The molecule has 0 aliphatic rings. The van der Waals surface area contributed by atoms with Crippen LogP contribution in [0.15, 0.2) is 54.7 Å². The largest absolute Gasteiger partial charge is 0.361 e. The maximum atomic E-state index is 3.60. The van der Waals surface area contributed by atoms with Gasteiger partial charge in [0, 0.05) is 24.3 Å². The summed E-state index contributed by atoms with van der Waals surface area (Å²) in [7, 11) is 0. The summed E-state index contributed by atoms with van der Waals surface area (Å²) in [5, 5.41) is 4.87. The molecule has 0 aliphatic heterocycles. The lowest BCUT2D eigenvalue weighted by Gasteiger charge is -2.16. The van der Waals surface area contributed by atoms with Gasteiger partial charge in [-0.2, -0.15) is 0 Å². The number of H-pyrrole nitrogens is 1. The predicted molar refractivity (Wildman–Crippen MR) is 84.7 cm³/mol. The second-order valence-corrected chi connectivity index (χ2v) is 5.36. The fourth-order valence-electron chi connectivity index (χ4n) is 2.67. The van der Waals surface area contributed by atoms with Gasteiger partial charge in [0.25, 0.3) is 0 Å². The highest BCUT2D eigenvalue weighted by molar-refractivity contribution is 5.79. The number of hydrogen-bond donors (Lipinski definition) is 2. The van der Waals surface area contributed by atoms with E-state index in [4.69, 9.17) is 0 Å². The smallest absolute Gasteiger partial charge is 0.0454 e. The Bertz CT molecular complexity index is 712. The van der Waals surface area contributed by atoms with E-state index in [2.05, 4.69) is 72.7 Å². The summed E-state index contributed by atoms with van der Waals surface area (Å²) in [5.41, 5.74) is 5.22. The van der Waals surface area contributed by atoms with Crippen LogP contribution in [0, 0.1) is 6.92 Å². The van der Waals surface area contributed by atoms with E-state index in [1.807, 2.05) is 6.20 Å². The zero-order chi connectivity index (χ0) is 13.9. The van der Waals surface area contributed by atoms with Crippen LogP contribution in [0.2, 0.25) is 0 Å². The zero-order valence-corrected chi connectivity index (χ0v) is 12.0. The van der Waals surface area contributed by atoms with E-state index in [9.17, 15) is 0 Å². The van der Waals surface area contributed by atoms with Crippen molar-refractivity contribution >= 4 is 10.9 Å². The number of fused-ring (bicyclic) bond motifs is 1. The van der Waals surface area contributed by atoms with Crippen molar-refractivity contribution in [3.63, 3.8) is 0 Å². The first-order valence-corrected chi connectivity index (χ1v) is 7.09. The van der Waals surface area contributed by atoms with Crippen molar-refractivity contribution in [2.24, 2.45) is 0 Å². The molecular formula is C18H20N2. The first kappa shape index (κ1) is 12.9. The number of aromatic nitrogens is 1. The van der Waals surface area contributed by atoms with Crippen molar-refractivity contribution < 1.29 is 0 Å². The molecule has 0 saturated heterocycles. The van der Waals surface area contributed by atoms with Gasteiger partial charge in [-0.25, -0.2) is 0 Å². The predicted octanol–water partition coefficient (Wildman–Crippen LogP) is 4.33. The molecule has 0 radical (unpaired) electrons. The second-order valence-electron chi connectivity index (χ2n) is 5.36. The summed E-state index contributed by atoms with van der Waals surface area (Å²) >= 11 is 0. The molecule has 2 heteroatoms. The van der Waals surface area contributed by atoms with Gasteiger partial charge in [0.05, 0.1) is 0 Å². The quantitative estimate of drug-likeness (QED) is 0.721. The molecule has 0 bridgehead atoms. The summed E-state index contributed by atoms with van der Waals surface area (Å²) < 4.78 is 0. The van der Waals surface area contributed by atoms with E-state index >= 15 is 0 Å². The van der Waals surface area contributed by atoms with Crippen LogP contribution in [0.1, 0.15) is 29.7 Å². The molecule has 0 saturated carbocycles.